The third-order valence-electron chi connectivity index (χ3n) is 11.6. The van der Waals surface area contributed by atoms with Gasteiger partial charge in [-0.3, -0.25) is 9.48 Å². The minimum Gasteiger partial charge on any atom is -0.494 e. The molecule has 0 bridgehead atoms. The van der Waals surface area contributed by atoms with Crippen LogP contribution in [0.3, 0.4) is 0 Å². The number of ether oxygens (including phenoxy) is 2. The van der Waals surface area contributed by atoms with E-state index in [1.807, 2.05) is 44.0 Å². The smallest absolute Gasteiger partial charge is 0.275 e. The zero-order valence-corrected chi connectivity index (χ0v) is 33.9. The van der Waals surface area contributed by atoms with Gasteiger partial charge in [-0.05, 0) is 132 Å². The summed E-state index contributed by atoms with van der Waals surface area (Å²) in [5, 5.41) is 8.69. The number of anilines is 1. The van der Waals surface area contributed by atoms with E-state index >= 15 is 4.79 Å². The van der Waals surface area contributed by atoms with Crippen molar-refractivity contribution in [2.75, 3.05) is 31.3 Å². The Kier molecular flexibility index (Phi) is 9.82. The van der Waals surface area contributed by atoms with E-state index in [-0.39, 0.29) is 11.9 Å². The monoisotopic (exact) mass is 765 g/mol. The molecule has 5 heterocycles. The van der Waals surface area contributed by atoms with Gasteiger partial charge in [-0.15, -0.1) is 0 Å². The van der Waals surface area contributed by atoms with Crippen molar-refractivity contribution >= 4 is 56.6 Å². The average Bonchev–Trinajstić information content (AvgIpc) is 3.77. The first-order chi connectivity index (χ1) is 25.9. The van der Waals surface area contributed by atoms with Crippen LogP contribution >= 0.6 is 23.2 Å². The summed E-state index contributed by atoms with van der Waals surface area (Å²) >= 11 is 13.7. The van der Waals surface area contributed by atoms with Gasteiger partial charge in [-0.2, -0.15) is 5.10 Å². The van der Waals surface area contributed by atoms with Crippen LogP contribution in [0.15, 0.2) is 48.7 Å². The Morgan fingerprint density at radius 1 is 0.944 bits per heavy atom. The van der Waals surface area contributed by atoms with Gasteiger partial charge in [-0.1, -0.05) is 29.3 Å². The molecule has 0 unspecified atom stereocenters. The number of carbonyl (C=O) groups excluding carboxylic acids is 1. The molecule has 0 saturated carbocycles. The van der Waals surface area contributed by atoms with Gasteiger partial charge in [0.15, 0.2) is 0 Å². The first kappa shape index (κ1) is 36.7. The molecule has 1 fully saturated rings. The molecule has 8 nitrogen and oxygen atoms in total. The third kappa shape index (κ3) is 6.30. The molecule has 10 heteroatoms. The molecular weight excluding hydrogens is 717 g/mol. The van der Waals surface area contributed by atoms with Crippen LogP contribution in [0.1, 0.15) is 76.4 Å². The van der Waals surface area contributed by atoms with Crippen molar-refractivity contribution in [3.05, 3.63) is 98.0 Å². The van der Waals surface area contributed by atoms with Crippen molar-refractivity contribution < 1.29 is 14.3 Å². The number of fused-ring (bicyclic) bond motifs is 4. The zero-order chi connectivity index (χ0) is 38.0. The predicted octanol–water partition coefficient (Wildman–Crippen LogP) is 10.5. The number of benzene rings is 3. The highest BCUT2D eigenvalue weighted by molar-refractivity contribution is 6.35. The van der Waals surface area contributed by atoms with Crippen molar-refractivity contribution in [1.82, 2.24) is 18.9 Å². The van der Waals surface area contributed by atoms with E-state index < -0.39 is 0 Å². The van der Waals surface area contributed by atoms with Crippen LogP contribution in [0.5, 0.6) is 5.75 Å². The van der Waals surface area contributed by atoms with Gasteiger partial charge in [0.1, 0.15) is 11.4 Å². The second-order valence-corrected chi connectivity index (χ2v) is 16.3. The van der Waals surface area contributed by atoms with Crippen LogP contribution in [0.25, 0.3) is 32.9 Å². The molecule has 54 heavy (non-hydrogen) atoms. The van der Waals surface area contributed by atoms with Crippen molar-refractivity contribution in [1.29, 1.82) is 0 Å². The summed E-state index contributed by atoms with van der Waals surface area (Å²) in [6.45, 7) is 16.0. The highest BCUT2D eigenvalue weighted by Crippen LogP contribution is 2.46. The molecule has 1 saturated heterocycles. The van der Waals surface area contributed by atoms with E-state index in [2.05, 4.69) is 72.0 Å². The quantitative estimate of drug-likeness (QED) is 0.138. The number of aromatic nitrogens is 4. The average molecular weight is 767 g/mol. The fourth-order valence-electron chi connectivity index (χ4n) is 8.98. The summed E-state index contributed by atoms with van der Waals surface area (Å²) < 4.78 is 18.5. The van der Waals surface area contributed by atoms with Crippen LogP contribution in [0.2, 0.25) is 10.0 Å². The van der Waals surface area contributed by atoms with Crippen molar-refractivity contribution in [2.24, 2.45) is 13.0 Å². The standard InChI is InChI=1S/C44H49Cl2N5O3/c1-25-19-32-12-15-48(7)41(32)37(20-25)49-23-28(4)51-42-35(34(43(51)44(49)52)9-8-16-54-33-21-26(2)40(46)27(3)22-33)10-11-36(45)39(42)38-29(5)47-50(30(38)6)24-31-13-17-53-18-14-31/h10-12,15,19-22,28,31H,8-9,13-14,16-18,23-24H2,1-7H3/t28-/m1/s1. The summed E-state index contributed by atoms with van der Waals surface area (Å²) in [6, 6.07) is 14.5. The fraction of sp³-hybridized carbons (Fsp3) is 0.409. The Bertz CT molecular complexity index is 2410. The van der Waals surface area contributed by atoms with E-state index in [9.17, 15) is 0 Å². The Labute approximate surface area is 327 Å². The minimum atomic E-state index is -0.0313. The molecule has 0 radical (unpaired) electrons. The van der Waals surface area contributed by atoms with Gasteiger partial charge in [0.05, 0.1) is 34.0 Å². The molecule has 8 rings (SSSR count). The van der Waals surface area contributed by atoms with E-state index in [4.69, 9.17) is 37.8 Å². The lowest BCUT2D eigenvalue weighted by Crippen LogP contribution is -2.43. The number of halogens is 2. The number of nitrogens with zero attached hydrogens (tertiary/aromatic N) is 5. The maximum Gasteiger partial charge on any atom is 0.275 e. The number of carbonyl (C=O) groups is 1. The Hall–Kier alpha value is -4.24. The summed E-state index contributed by atoms with van der Waals surface area (Å²) in [7, 11) is 2.05. The largest absolute Gasteiger partial charge is 0.494 e. The van der Waals surface area contributed by atoms with E-state index in [1.54, 1.807) is 0 Å². The first-order valence-corrected chi connectivity index (χ1v) is 19.9. The maximum atomic E-state index is 15.2. The number of rotatable bonds is 9. The SMILES string of the molecule is Cc1cc(N2C[C@@H](C)n3c(c(CCCOc4cc(C)c(Cl)c(C)c4)c4ccc(Cl)c(-c5c(C)nn(CC6CCOCC6)c5C)c43)C2=O)c2c(ccn2C)c1. The zero-order valence-electron chi connectivity index (χ0n) is 32.4. The molecule has 0 spiro atoms. The highest BCUT2D eigenvalue weighted by Gasteiger charge is 2.37. The topological polar surface area (TPSA) is 66.5 Å². The highest BCUT2D eigenvalue weighted by atomic mass is 35.5. The number of hydrogen-bond acceptors (Lipinski definition) is 4. The molecule has 2 aliphatic rings. The summed E-state index contributed by atoms with van der Waals surface area (Å²) in [4.78, 5) is 17.2. The number of hydrogen-bond donors (Lipinski definition) is 0. The van der Waals surface area contributed by atoms with E-state index in [0.717, 1.165) is 128 Å². The van der Waals surface area contributed by atoms with E-state index in [0.29, 0.717) is 30.5 Å². The molecule has 1 amide bonds. The molecular formula is C44H49Cl2N5O3. The van der Waals surface area contributed by atoms with Crippen LogP contribution in [-0.4, -0.2) is 51.2 Å². The van der Waals surface area contributed by atoms with Crippen LogP contribution in [-0.2, 0) is 24.8 Å². The predicted molar refractivity (Wildman–Crippen MR) is 220 cm³/mol. The molecule has 0 aliphatic carbocycles. The molecule has 6 aromatic rings. The molecule has 1 atom stereocenters. The number of aryl methyl sites for hydroxylation is 6. The Morgan fingerprint density at radius 2 is 1.69 bits per heavy atom. The van der Waals surface area contributed by atoms with Gasteiger partial charge in [0.25, 0.3) is 5.91 Å². The second kappa shape index (κ2) is 14.4. The fourth-order valence-corrected chi connectivity index (χ4v) is 9.34. The lowest BCUT2D eigenvalue weighted by Gasteiger charge is -2.35. The first-order valence-electron chi connectivity index (χ1n) is 19.2. The molecule has 0 N–H and O–H groups in total. The van der Waals surface area contributed by atoms with Gasteiger partial charge < -0.3 is 23.5 Å². The summed E-state index contributed by atoms with van der Waals surface area (Å²) in [5.41, 5.74) is 11.9. The lowest BCUT2D eigenvalue weighted by atomic mass is 9.97. The summed E-state index contributed by atoms with van der Waals surface area (Å²) in [5.74, 6) is 1.33. The summed E-state index contributed by atoms with van der Waals surface area (Å²) in [6.07, 6.45) is 5.52. The normalized spacial score (nSPS) is 16.6. The van der Waals surface area contributed by atoms with Gasteiger partial charge in [0.2, 0.25) is 0 Å². The van der Waals surface area contributed by atoms with Gasteiger partial charge >= 0.3 is 0 Å². The molecule has 3 aromatic carbocycles. The molecule has 3 aromatic heterocycles. The number of amides is 1. The van der Waals surface area contributed by atoms with Gasteiger partial charge in [-0.25, -0.2) is 0 Å². The molecule has 282 valence electrons. The van der Waals surface area contributed by atoms with Crippen molar-refractivity contribution in [2.45, 2.75) is 79.8 Å². The Balaban J connectivity index is 1.25. The van der Waals surface area contributed by atoms with Crippen LogP contribution in [0, 0.1) is 40.5 Å². The third-order valence-corrected chi connectivity index (χ3v) is 12.5. The van der Waals surface area contributed by atoms with Crippen molar-refractivity contribution in [3.63, 3.8) is 0 Å². The minimum absolute atomic E-state index is 0.00278. The van der Waals surface area contributed by atoms with Crippen molar-refractivity contribution in [3.8, 4) is 16.9 Å². The lowest BCUT2D eigenvalue weighted by molar-refractivity contribution is 0.0599. The van der Waals surface area contributed by atoms with Gasteiger partial charge in [0, 0.05) is 78.2 Å². The maximum absolute atomic E-state index is 15.2. The Morgan fingerprint density at radius 3 is 2.43 bits per heavy atom. The van der Waals surface area contributed by atoms with E-state index in [1.165, 1.54) is 0 Å². The van der Waals surface area contributed by atoms with Crippen LogP contribution < -0.4 is 9.64 Å². The molecule has 2 aliphatic heterocycles. The second-order valence-electron chi connectivity index (χ2n) is 15.5. The van der Waals surface area contributed by atoms with Crippen LogP contribution in [0.4, 0.5) is 5.69 Å².